The van der Waals surface area contributed by atoms with Gasteiger partial charge in [-0.1, -0.05) is 30.3 Å². The number of ether oxygens (including phenoxy) is 1. The Morgan fingerprint density at radius 2 is 1.96 bits per heavy atom. The third-order valence-electron chi connectivity index (χ3n) is 4.39. The van der Waals surface area contributed by atoms with Gasteiger partial charge in [-0.25, -0.2) is 0 Å². The first-order valence-corrected chi connectivity index (χ1v) is 8.61. The van der Waals surface area contributed by atoms with E-state index in [0.29, 0.717) is 30.1 Å². The Hall–Kier alpha value is -3.08. The van der Waals surface area contributed by atoms with E-state index in [4.69, 9.17) is 4.74 Å². The van der Waals surface area contributed by atoms with E-state index >= 15 is 0 Å². The van der Waals surface area contributed by atoms with Crippen LogP contribution in [0.4, 0.5) is 11.4 Å². The molecule has 3 rings (SSSR count). The van der Waals surface area contributed by atoms with Gasteiger partial charge >= 0.3 is 0 Å². The van der Waals surface area contributed by atoms with Gasteiger partial charge in [0.15, 0.2) is 0 Å². The zero-order chi connectivity index (χ0) is 18.5. The molecular formula is C21H22N2O3. The predicted molar refractivity (Wildman–Crippen MR) is 103 cm³/mol. The van der Waals surface area contributed by atoms with E-state index in [0.717, 1.165) is 17.6 Å². The Morgan fingerprint density at radius 3 is 2.62 bits per heavy atom. The number of nitrogens with one attached hydrogen (secondary N) is 1. The molecule has 1 aliphatic rings. The van der Waals surface area contributed by atoms with Gasteiger partial charge in [-0.15, -0.1) is 0 Å². The molecule has 0 spiro atoms. The summed E-state index contributed by atoms with van der Waals surface area (Å²) in [5, 5.41) is 2.86. The van der Waals surface area contributed by atoms with Crippen LogP contribution in [0.3, 0.4) is 0 Å². The molecule has 2 aromatic carbocycles. The number of benzene rings is 2. The highest BCUT2D eigenvalue weighted by Crippen LogP contribution is 2.34. The number of nitrogens with zero attached hydrogens (tertiary/aromatic N) is 1. The minimum atomic E-state index is -0.213. The second-order valence-electron chi connectivity index (χ2n) is 6.22. The smallest absolute Gasteiger partial charge is 0.248 e. The largest absolute Gasteiger partial charge is 0.495 e. The van der Waals surface area contributed by atoms with Crippen molar-refractivity contribution in [1.82, 2.24) is 0 Å². The van der Waals surface area contributed by atoms with Gasteiger partial charge in [-0.2, -0.15) is 0 Å². The maximum Gasteiger partial charge on any atom is 0.248 e. The van der Waals surface area contributed by atoms with Crippen LogP contribution in [0.5, 0.6) is 5.75 Å². The van der Waals surface area contributed by atoms with Gasteiger partial charge in [-0.05, 0) is 42.7 Å². The number of carbonyl (C=O) groups excluding carboxylic acids is 2. The predicted octanol–water partition coefficient (Wildman–Crippen LogP) is 3.86. The quantitative estimate of drug-likeness (QED) is 0.833. The number of hydrogen-bond acceptors (Lipinski definition) is 3. The summed E-state index contributed by atoms with van der Waals surface area (Å²) in [5.74, 6) is 0.482. The van der Waals surface area contributed by atoms with Crippen molar-refractivity contribution in [2.24, 2.45) is 0 Å². The van der Waals surface area contributed by atoms with E-state index in [2.05, 4.69) is 5.32 Å². The summed E-state index contributed by atoms with van der Waals surface area (Å²) >= 11 is 0. The Balaban J connectivity index is 1.79. The molecule has 1 fully saturated rings. The van der Waals surface area contributed by atoms with Crippen LogP contribution in [-0.4, -0.2) is 25.5 Å². The molecule has 5 heteroatoms. The highest BCUT2D eigenvalue weighted by Gasteiger charge is 2.24. The molecule has 1 saturated heterocycles. The van der Waals surface area contributed by atoms with Crippen molar-refractivity contribution < 1.29 is 14.3 Å². The second-order valence-corrected chi connectivity index (χ2v) is 6.22. The highest BCUT2D eigenvalue weighted by atomic mass is 16.5. The van der Waals surface area contributed by atoms with Gasteiger partial charge in [0.2, 0.25) is 11.8 Å². The van der Waals surface area contributed by atoms with Crippen LogP contribution in [0.1, 0.15) is 25.3 Å². The van der Waals surface area contributed by atoms with Gasteiger partial charge in [0.05, 0.1) is 12.8 Å². The van der Waals surface area contributed by atoms with Gasteiger partial charge in [0, 0.05) is 24.7 Å². The fraction of sp³-hybridized carbons (Fsp3) is 0.238. The molecule has 134 valence electrons. The van der Waals surface area contributed by atoms with E-state index in [-0.39, 0.29) is 11.8 Å². The van der Waals surface area contributed by atoms with Crippen molar-refractivity contribution in [3.05, 3.63) is 60.2 Å². The van der Waals surface area contributed by atoms with Crippen LogP contribution in [0.2, 0.25) is 0 Å². The summed E-state index contributed by atoms with van der Waals surface area (Å²) in [6.07, 6.45) is 2.94. The molecule has 2 amide bonds. The van der Waals surface area contributed by atoms with Crippen molar-refractivity contribution >= 4 is 28.8 Å². The van der Waals surface area contributed by atoms with Crippen LogP contribution in [0, 0.1) is 0 Å². The maximum atomic E-state index is 12.3. The first-order chi connectivity index (χ1) is 12.6. The zero-order valence-electron chi connectivity index (χ0n) is 15.0. The second kappa shape index (κ2) is 7.87. The van der Waals surface area contributed by atoms with Crippen molar-refractivity contribution in [2.75, 3.05) is 23.9 Å². The Kier molecular flexibility index (Phi) is 5.37. The fourth-order valence-electron chi connectivity index (χ4n) is 3.04. The molecule has 0 bridgehead atoms. The molecule has 2 aromatic rings. The van der Waals surface area contributed by atoms with Gasteiger partial charge in [-0.3, -0.25) is 9.59 Å². The molecule has 0 aromatic heterocycles. The normalized spacial score (nSPS) is 14.5. The Labute approximate surface area is 153 Å². The lowest BCUT2D eigenvalue weighted by Gasteiger charge is -2.20. The van der Waals surface area contributed by atoms with E-state index in [9.17, 15) is 9.59 Å². The lowest BCUT2D eigenvalue weighted by atomic mass is 10.1. The standard InChI is InChI=1S/C21H22N2O3/c1-15(16-7-4-3-5-8-16)13-20(24)22-17-10-11-19(26-2)18(14-17)23-12-6-9-21(23)25/h3-5,7-8,10-11,13-14H,6,9,12H2,1-2H3,(H,22,24). The maximum absolute atomic E-state index is 12.3. The molecule has 0 saturated carbocycles. The molecule has 1 N–H and O–H groups in total. The Morgan fingerprint density at radius 1 is 1.19 bits per heavy atom. The van der Waals surface area contributed by atoms with Crippen molar-refractivity contribution in [2.45, 2.75) is 19.8 Å². The molecule has 0 radical (unpaired) electrons. The van der Waals surface area contributed by atoms with Crippen LogP contribution >= 0.6 is 0 Å². The van der Waals surface area contributed by atoms with Crippen molar-refractivity contribution in [3.63, 3.8) is 0 Å². The number of allylic oxidation sites excluding steroid dienone is 1. The lowest BCUT2D eigenvalue weighted by Crippen LogP contribution is -2.24. The van der Waals surface area contributed by atoms with Gasteiger partial charge < -0.3 is 15.0 Å². The summed E-state index contributed by atoms with van der Waals surface area (Å²) in [6, 6.07) is 15.1. The van der Waals surface area contributed by atoms with Crippen LogP contribution < -0.4 is 15.0 Å². The van der Waals surface area contributed by atoms with Gasteiger partial charge in [0.1, 0.15) is 5.75 Å². The minimum absolute atomic E-state index is 0.0756. The average Bonchev–Trinajstić information content (AvgIpc) is 3.08. The fourth-order valence-corrected chi connectivity index (χ4v) is 3.04. The van der Waals surface area contributed by atoms with Gasteiger partial charge in [0.25, 0.3) is 0 Å². The third kappa shape index (κ3) is 3.94. The summed E-state index contributed by atoms with van der Waals surface area (Å²) in [7, 11) is 1.57. The molecule has 0 aliphatic carbocycles. The number of anilines is 2. The summed E-state index contributed by atoms with van der Waals surface area (Å²) in [6.45, 7) is 2.57. The highest BCUT2D eigenvalue weighted by molar-refractivity contribution is 6.04. The van der Waals surface area contributed by atoms with E-state index in [1.807, 2.05) is 37.3 Å². The molecule has 0 unspecified atom stereocenters. The molecule has 26 heavy (non-hydrogen) atoms. The van der Waals surface area contributed by atoms with Crippen molar-refractivity contribution in [3.8, 4) is 5.75 Å². The molecule has 5 nitrogen and oxygen atoms in total. The number of hydrogen-bond donors (Lipinski definition) is 1. The molecular weight excluding hydrogens is 328 g/mol. The summed E-state index contributed by atoms with van der Waals surface area (Å²) in [5.41, 5.74) is 3.20. The van der Waals surface area contributed by atoms with E-state index < -0.39 is 0 Å². The monoisotopic (exact) mass is 350 g/mol. The minimum Gasteiger partial charge on any atom is -0.495 e. The molecule has 1 heterocycles. The average molecular weight is 350 g/mol. The van der Waals surface area contributed by atoms with E-state index in [1.165, 1.54) is 0 Å². The molecule has 0 atom stereocenters. The zero-order valence-corrected chi connectivity index (χ0v) is 15.0. The number of amides is 2. The first kappa shape index (κ1) is 17.7. The molecule has 1 aliphatic heterocycles. The summed E-state index contributed by atoms with van der Waals surface area (Å²) < 4.78 is 5.37. The van der Waals surface area contributed by atoms with Crippen LogP contribution in [-0.2, 0) is 9.59 Å². The lowest BCUT2D eigenvalue weighted by molar-refractivity contribution is -0.117. The number of rotatable bonds is 5. The Bertz CT molecular complexity index is 844. The van der Waals surface area contributed by atoms with Crippen molar-refractivity contribution in [1.29, 1.82) is 0 Å². The van der Waals surface area contributed by atoms with Crippen LogP contribution in [0.15, 0.2) is 54.6 Å². The number of carbonyl (C=O) groups is 2. The van der Waals surface area contributed by atoms with E-state index in [1.54, 1.807) is 36.3 Å². The topological polar surface area (TPSA) is 58.6 Å². The van der Waals surface area contributed by atoms with Crippen LogP contribution in [0.25, 0.3) is 5.57 Å². The first-order valence-electron chi connectivity index (χ1n) is 8.61. The number of methoxy groups -OCH3 is 1. The summed E-state index contributed by atoms with van der Waals surface area (Å²) in [4.78, 5) is 26.1. The SMILES string of the molecule is COc1ccc(NC(=O)C=C(C)c2ccccc2)cc1N1CCCC1=O. The third-order valence-corrected chi connectivity index (χ3v) is 4.39.